The molecule has 5 rings (SSSR count). The maximum Gasteiger partial charge on any atom is 0.407 e. The lowest BCUT2D eigenvalue weighted by atomic mass is 10.0. The zero-order valence-electron chi connectivity index (χ0n) is 29.0. The number of alkyl carbamates (subject to hydrolysis) is 1. The number of rotatable bonds is 16. The first-order chi connectivity index (χ1) is 24.1. The first-order valence-electron chi connectivity index (χ1n) is 16.9. The lowest BCUT2D eigenvalue weighted by Crippen LogP contribution is -2.52. The molecule has 1 aromatic heterocycles. The van der Waals surface area contributed by atoms with Crippen LogP contribution in [0.25, 0.3) is 0 Å². The molecular weight excluding hydrogens is 687 g/mol. The van der Waals surface area contributed by atoms with Crippen LogP contribution >= 0.6 is 11.3 Å². The third-order valence-electron chi connectivity index (χ3n) is 8.06. The number of carbonyl (C=O) groups is 1. The van der Waals surface area contributed by atoms with Gasteiger partial charge in [0.2, 0.25) is 16.8 Å². The summed E-state index contributed by atoms with van der Waals surface area (Å²) in [6, 6.07) is 11.5. The number of aryl methyl sites for hydroxylation is 1. The van der Waals surface area contributed by atoms with Crippen LogP contribution in [0.5, 0.6) is 17.2 Å². The fourth-order valence-electron chi connectivity index (χ4n) is 5.68. The lowest BCUT2D eigenvalue weighted by molar-refractivity contribution is -0.0991. The van der Waals surface area contributed by atoms with E-state index in [0.717, 1.165) is 22.7 Å². The molecule has 15 heteroatoms. The predicted molar refractivity (Wildman–Crippen MR) is 186 cm³/mol. The molecule has 0 aliphatic carbocycles. The maximum atomic E-state index is 14.2. The molecule has 2 aliphatic rings. The first-order valence-corrected chi connectivity index (χ1v) is 19.2. The largest absolute Gasteiger partial charge is 0.487 e. The van der Waals surface area contributed by atoms with Crippen molar-refractivity contribution in [2.45, 2.75) is 76.7 Å². The summed E-state index contributed by atoms with van der Waals surface area (Å²) in [6.45, 7) is 9.44. The van der Waals surface area contributed by atoms with Crippen LogP contribution in [-0.2, 0) is 42.0 Å². The SMILES string of the molecule is CCO[C@H](CN(CC(C)C)S(=O)(=O)c1ccc2c(c1)OCO2)[C@H](Cc1ccc(OCc2csc(C)n2)cc1)NC(=O)O[C@@H]1CCCOCOC1. The van der Waals surface area contributed by atoms with Crippen LogP contribution in [0, 0.1) is 12.8 Å². The number of fused-ring (bicyclic) bond motifs is 1. The molecule has 0 saturated carbocycles. The van der Waals surface area contributed by atoms with Gasteiger partial charge >= 0.3 is 6.09 Å². The van der Waals surface area contributed by atoms with Gasteiger partial charge in [0.15, 0.2) is 11.5 Å². The highest BCUT2D eigenvalue weighted by atomic mass is 32.2. The molecule has 13 nitrogen and oxygen atoms in total. The predicted octanol–water partition coefficient (Wildman–Crippen LogP) is 5.30. The van der Waals surface area contributed by atoms with Gasteiger partial charge in [0.05, 0.1) is 34.3 Å². The summed E-state index contributed by atoms with van der Waals surface area (Å²) in [5, 5.41) is 5.96. The van der Waals surface area contributed by atoms with E-state index >= 15 is 0 Å². The normalized spacial score (nSPS) is 17.6. The van der Waals surface area contributed by atoms with Crippen LogP contribution in [0.15, 0.2) is 52.7 Å². The molecule has 0 spiro atoms. The van der Waals surface area contributed by atoms with E-state index in [1.807, 2.05) is 57.3 Å². The first kappa shape index (κ1) is 37.8. The number of hydrogen-bond acceptors (Lipinski definition) is 12. The summed E-state index contributed by atoms with van der Waals surface area (Å²) in [5.74, 6) is 1.54. The van der Waals surface area contributed by atoms with Crippen LogP contribution in [0.2, 0.25) is 0 Å². The minimum absolute atomic E-state index is 0.00136. The summed E-state index contributed by atoms with van der Waals surface area (Å²) in [7, 11) is -4.00. The van der Waals surface area contributed by atoms with E-state index in [1.54, 1.807) is 17.4 Å². The summed E-state index contributed by atoms with van der Waals surface area (Å²) < 4.78 is 69.4. The van der Waals surface area contributed by atoms with Gasteiger partial charge in [-0.2, -0.15) is 4.31 Å². The number of amides is 1. The summed E-state index contributed by atoms with van der Waals surface area (Å²) >= 11 is 1.57. The lowest BCUT2D eigenvalue weighted by Gasteiger charge is -2.33. The highest BCUT2D eigenvalue weighted by Crippen LogP contribution is 2.35. The highest BCUT2D eigenvalue weighted by Gasteiger charge is 2.34. The molecular formula is C35H47N3O10S2. The van der Waals surface area contributed by atoms with Crippen LogP contribution in [-0.4, -0.2) is 88.5 Å². The Hall–Kier alpha value is -3.47. The van der Waals surface area contributed by atoms with E-state index in [0.29, 0.717) is 43.3 Å². The van der Waals surface area contributed by atoms with Crippen molar-refractivity contribution in [3.05, 3.63) is 64.1 Å². The number of nitrogens with one attached hydrogen (secondary N) is 1. The zero-order valence-corrected chi connectivity index (χ0v) is 30.6. The smallest absolute Gasteiger partial charge is 0.407 e. The van der Waals surface area contributed by atoms with Gasteiger partial charge in [-0.3, -0.25) is 0 Å². The third-order valence-corrected chi connectivity index (χ3v) is 10.7. The molecule has 0 radical (unpaired) electrons. The van der Waals surface area contributed by atoms with Gasteiger partial charge < -0.3 is 38.5 Å². The molecule has 274 valence electrons. The minimum Gasteiger partial charge on any atom is -0.487 e. The average Bonchev–Trinajstić information content (AvgIpc) is 3.72. The fourth-order valence-corrected chi connectivity index (χ4v) is 7.91. The van der Waals surface area contributed by atoms with Gasteiger partial charge in [-0.25, -0.2) is 18.2 Å². The van der Waals surface area contributed by atoms with Gasteiger partial charge in [-0.15, -0.1) is 11.3 Å². The Labute approximate surface area is 298 Å². The topological polar surface area (TPSA) is 144 Å². The summed E-state index contributed by atoms with van der Waals surface area (Å²) in [4.78, 5) is 18.0. The van der Waals surface area contributed by atoms with E-state index in [2.05, 4.69) is 10.3 Å². The Morgan fingerprint density at radius 1 is 1.08 bits per heavy atom. The molecule has 3 atom stereocenters. The Morgan fingerprint density at radius 2 is 1.88 bits per heavy atom. The molecule has 0 bridgehead atoms. The van der Waals surface area contributed by atoms with E-state index in [1.165, 1.54) is 16.4 Å². The molecule has 1 amide bonds. The molecule has 2 aromatic carbocycles. The number of aromatic nitrogens is 1. The molecule has 3 heterocycles. The van der Waals surface area contributed by atoms with Crippen LogP contribution in [0.3, 0.4) is 0 Å². The van der Waals surface area contributed by atoms with Gasteiger partial charge in [0, 0.05) is 37.7 Å². The van der Waals surface area contributed by atoms with Crippen molar-refractivity contribution < 1.29 is 46.4 Å². The number of hydrogen-bond donors (Lipinski definition) is 1. The van der Waals surface area contributed by atoms with E-state index in [9.17, 15) is 13.2 Å². The van der Waals surface area contributed by atoms with Crippen molar-refractivity contribution >= 4 is 27.5 Å². The van der Waals surface area contributed by atoms with Crippen molar-refractivity contribution in [3.63, 3.8) is 0 Å². The number of carbonyl (C=O) groups excluding carboxylic acids is 1. The van der Waals surface area contributed by atoms with Crippen molar-refractivity contribution in [1.82, 2.24) is 14.6 Å². The van der Waals surface area contributed by atoms with Crippen molar-refractivity contribution in [2.75, 3.05) is 46.5 Å². The maximum absolute atomic E-state index is 14.2. The molecule has 1 N–H and O–H groups in total. The Morgan fingerprint density at radius 3 is 2.62 bits per heavy atom. The summed E-state index contributed by atoms with van der Waals surface area (Å²) in [5.41, 5.74) is 1.75. The van der Waals surface area contributed by atoms with Crippen LogP contribution < -0.4 is 19.5 Å². The van der Waals surface area contributed by atoms with E-state index < -0.39 is 34.4 Å². The Kier molecular flexibility index (Phi) is 13.7. The number of nitrogens with zero attached hydrogens (tertiary/aromatic N) is 2. The highest BCUT2D eigenvalue weighted by molar-refractivity contribution is 7.89. The van der Waals surface area contributed by atoms with Crippen molar-refractivity contribution in [2.24, 2.45) is 5.92 Å². The van der Waals surface area contributed by atoms with Crippen LogP contribution in [0.4, 0.5) is 4.79 Å². The van der Waals surface area contributed by atoms with Gasteiger partial charge in [0.25, 0.3) is 0 Å². The molecule has 0 unspecified atom stereocenters. The van der Waals surface area contributed by atoms with Gasteiger partial charge in [-0.05, 0) is 68.9 Å². The zero-order chi connectivity index (χ0) is 35.5. The second kappa shape index (κ2) is 18.1. The number of sulfonamides is 1. The number of thiazole rings is 1. The van der Waals surface area contributed by atoms with E-state index in [-0.39, 0.29) is 50.7 Å². The summed E-state index contributed by atoms with van der Waals surface area (Å²) in [6.07, 6.45) is -0.176. The van der Waals surface area contributed by atoms with Gasteiger partial charge in [0.1, 0.15) is 25.3 Å². The quantitative estimate of drug-likeness (QED) is 0.205. The van der Waals surface area contributed by atoms with Gasteiger partial charge in [-0.1, -0.05) is 26.0 Å². The average molecular weight is 734 g/mol. The molecule has 50 heavy (non-hydrogen) atoms. The van der Waals surface area contributed by atoms with Crippen LogP contribution in [0.1, 0.15) is 49.9 Å². The molecule has 1 saturated heterocycles. The second-order valence-corrected chi connectivity index (χ2v) is 15.5. The fraction of sp³-hybridized carbons (Fsp3) is 0.543. The molecule has 2 aliphatic heterocycles. The number of benzene rings is 2. The Bertz CT molecular complexity index is 1630. The monoisotopic (exact) mass is 733 g/mol. The van der Waals surface area contributed by atoms with E-state index in [4.69, 9.17) is 33.2 Å². The number of ether oxygens (including phenoxy) is 7. The standard InChI is InChI=1S/C35H47N3O10S2/c1-5-44-34(18-38(17-24(2)3)50(40,41)30-12-13-32-33(16-30)47-23-46-32)31(37-35(39)48-29-7-6-14-42-22-43-20-29)15-26-8-10-28(11-9-26)45-19-27-21-49-25(4)36-27/h8-13,16,21,24,29,31,34H,5-7,14-15,17-20,22-23H2,1-4H3,(H,37,39)/t29-,31+,34-/m1/s1. The van der Waals surface area contributed by atoms with Crippen molar-refractivity contribution in [3.8, 4) is 17.2 Å². The Balaban J connectivity index is 1.37. The second-order valence-electron chi connectivity index (χ2n) is 12.5. The van der Waals surface area contributed by atoms with Crippen molar-refractivity contribution in [1.29, 1.82) is 0 Å². The molecule has 3 aromatic rings. The molecule has 1 fully saturated rings. The third kappa shape index (κ3) is 10.8. The minimum atomic E-state index is -4.00.